The molecule has 0 radical (unpaired) electrons. The molecule has 2 N–H and O–H groups in total. The molecule has 1 aliphatic carbocycles. The molecule has 0 aliphatic heterocycles. The molecule has 2 amide bonds. The van der Waals surface area contributed by atoms with Gasteiger partial charge < -0.3 is 15.1 Å². The first-order chi connectivity index (χ1) is 11.6. The molecule has 2 aromatic heterocycles. The monoisotopic (exact) mass is 347 g/mol. The molecule has 128 valence electrons. The van der Waals surface area contributed by atoms with Crippen molar-refractivity contribution in [2.75, 3.05) is 7.05 Å². The van der Waals surface area contributed by atoms with E-state index < -0.39 is 5.54 Å². The molecular formula is C17H21N3O3S. The van der Waals surface area contributed by atoms with Gasteiger partial charge in [-0.15, -0.1) is 11.3 Å². The Balaban J connectivity index is 1.84. The Hall–Kier alpha value is -2.15. The van der Waals surface area contributed by atoms with Crippen molar-refractivity contribution < 1.29 is 14.0 Å². The lowest BCUT2D eigenvalue weighted by molar-refractivity contribution is -0.128. The van der Waals surface area contributed by atoms with E-state index in [2.05, 4.69) is 15.6 Å². The smallest absolute Gasteiger partial charge is 0.274 e. The van der Waals surface area contributed by atoms with Gasteiger partial charge in [0.2, 0.25) is 11.8 Å². The summed E-state index contributed by atoms with van der Waals surface area (Å²) in [6, 6.07) is 3.80. The highest BCUT2D eigenvalue weighted by molar-refractivity contribution is 7.13. The molecule has 7 heteroatoms. The Morgan fingerprint density at radius 1 is 1.29 bits per heavy atom. The lowest BCUT2D eigenvalue weighted by atomic mass is 9.80. The maximum Gasteiger partial charge on any atom is 0.274 e. The number of aromatic nitrogens is 1. The van der Waals surface area contributed by atoms with Gasteiger partial charge in [0.15, 0.2) is 5.69 Å². The number of likely N-dealkylation sites (N-methyl/N-ethyl adjacent to an activating group) is 1. The van der Waals surface area contributed by atoms with Crippen LogP contribution >= 0.6 is 11.3 Å². The van der Waals surface area contributed by atoms with Crippen LogP contribution in [0.3, 0.4) is 0 Å². The minimum Gasteiger partial charge on any atom is -0.440 e. The molecule has 0 aromatic carbocycles. The molecule has 3 rings (SSSR count). The first kappa shape index (κ1) is 16.7. The van der Waals surface area contributed by atoms with E-state index in [1.54, 1.807) is 14.0 Å². The number of amides is 2. The average molecular weight is 347 g/mol. The van der Waals surface area contributed by atoms with Crippen LogP contribution < -0.4 is 10.6 Å². The van der Waals surface area contributed by atoms with Crippen LogP contribution in [0.4, 0.5) is 0 Å². The maximum absolute atomic E-state index is 12.7. The van der Waals surface area contributed by atoms with Crippen molar-refractivity contribution in [3.8, 4) is 10.8 Å². The summed E-state index contributed by atoms with van der Waals surface area (Å²) in [5.74, 6) is 0.392. The predicted molar refractivity (Wildman–Crippen MR) is 91.9 cm³/mol. The largest absolute Gasteiger partial charge is 0.440 e. The third kappa shape index (κ3) is 3.08. The predicted octanol–water partition coefficient (Wildman–Crippen LogP) is 2.89. The standard InChI is InChI=1S/C17H21N3O3S/c1-11-13(19-15(23-11)12-7-6-10-24-12)14(21)20-17(16(22)18-2)8-4-3-5-9-17/h6-7,10H,3-5,8-9H2,1-2H3,(H,18,22)(H,20,21). The van der Waals surface area contributed by atoms with Crippen LogP contribution in [0.25, 0.3) is 10.8 Å². The van der Waals surface area contributed by atoms with Crippen molar-refractivity contribution >= 4 is 23.2 Å². The second-order valence-corrected chi connectivity index (χ2v) is 7.02. The van der Waals surface area contributed by atoms with E-state index in [1.807, 2.05) is 17.5 Å². The van der Waals surface area contributed by atoms with Gasteiger partial charge in [-0.2, -0.15) is 0 Å². The summed E-state index contributed by atoms with van der Waals surface area (Å²) in [4.78, 5) is 30.3. The number of nitrogens with one attached hydrogen (secondary N) is 2. The van der Waals surface area contributed by atoms with E-state index in [4.69, 9.17) is 4.42 Å². The first-order valence-corrected chi connectivity index (χ1v) is 9.00. The van der Waals surface area contributed by atoms with Gasteiger partial charge in [-0.3, -0.25) is 9.59 Å². The van der Waals surface area contributed by atoms with E-state index in [0.717, 1.165) is 24.1 Å². The Morgan fingerprint density at radius 3 is 2.67 bits per heavy atom. The summed E-state index contributed by atoms with van der Waals surface area (Å²) in [6.45, 7) is 1.71. The van der Waals surface area contributed by atoms with Crippen LogP contribution in [0.2, 0.25) is 0 Å². The minimum absolute atomic E-state index is 0.143. The van der Waals surface area contributed by atoms with Gasteiger partial charge >= 0.3 is 0 Å². The van der Waals surface area contributed by atoms with E-state index in [-0.39, 0.29) is 17.5 Å². The summed E-state index contributed by atoms with van der Waals surface area (Å²) >= 11 is 1.50. The number of nitrogens with zero attached hydrogens (tertiary/aromatic N) is 1. The number of hydrogen-bond acceptors (Lipinski definition) is 5. The third-order valence-electron chi connectivity index (χ3n) is 4.47. The lowest BCUT2D eigenvalue weighted by Crippen LogP contribution is -2.59. The zero-order valence-electron chi connectivity index (χ0n) is 13.8. The topological polar surface area (TPSA) is 84.2 Å². The molecule has 1 saturated carbocycles. The number of carbonyl (C=O) groups excluding carboxylic acids is 2. The summed E-state index contributed by atoms with van der Waals surface area (Å²) in [5, 5.41) is 7.54. The molecule has 24 heavy (non-hydrogen) atoms. The highest BCUT2D eigenvalue weighted by atomic mass is 32.1. The SMILES string of the molecule is CNC(=O)C1(NC(=O)c2nc(-c3cccs3)oc2C)CCCCC1. The fourth-order valence-electron chi connectivity index (χ4n) is 3.19. The van der Waals surface area contributed by atoms with Crippen molar-refractivity contribution in [1.29, 1.82) is 0 Å². The van der Waals surface area contributed by atoms with Crippen LogP contribution in [-0.2, 0) is 4.79 Å². The fraction of sp³-hybridized carbons (Fsp3) is 0.471. The molecule has 2 heterocycles. The van der Waals surface area contributed by atoms with Crippen LogP contribution in [0, 0.1) is 6.92 Å². The lowest BCUT2D eigenvalue weighted by Gasteiger charge is -2.36. The molecule has 0 bridgehead atoms. The quantitative estimate of drug-likeness (QED) is 0.891. The van der Waals surface area contributed by atoms with Gasteiger partial charge in [-0.1, -0.05) is 25.3 Å². The molecule has 0 saturated heterocycles. The molecule has 6 nitrogen and oxygen atoms in total. The third-order valence-corrected chi connectivity index (χ3v) is 5.32. The molecule has 1 fully saturated rings. The van der Waals surface area contributed by atoms with Crippen molar-refractivity contribution in [3.63, 3.8) is 0 Å². The summed E-state index contributed by atoms with van der Waals surface area (Å²) in [6.07, 6.45) is 4.22. The number of rotatable bonds is 4. The van der Waals surface area contributed by atoms with Gasteiger partial charge in [0.25, 0.3) is 5.91 Å². The summed E-state index contributed by atoms with van der Waals surface area (Å²) < 4.78 is 5.63. The number of oxazole rings is 1. The molecule has 0 unspecified atom stereocenters. The van der Waals surface area contributed by atoms with Crippen molar-refractivity contribution in [1.82, 2.24) is 15.6 Å². The first-order valence-electron chi connectivity index (χ1n) is 8.12. The number of aryl methyl sites for hydroxylation is 1. The summed E-state index contributed by atoms with van der Waals surface area (Å²) in [5.41, 5.74) is -0.606. The van der Waals surface area contributed by atoms with Crippen molar-refractivity contribution in [2.45, 2.75) is 44.6 Å². The molecular weight excluding hydrogens is 326 g/mol. The Bertz CT molecular complexity index is 730. The Morgan fingerprint density at radius 2 is 2.04 bits per heavy atom. The number of hydrogen-bond donors (Lipinski definition) is 2. The van der Waals surface area contributed by atoms with Gasteiger partial charge in [0.1, 0.15) is 11.3 Å². The van der Waals surface area contributed by atoms with Gasteiger partial charge in [0, 0.05) is 7.05 Å². The number of thiophene rings is 1. The van der Waals surface area contributed by atoms with E-state index in [0.29, 0.717) is 24.5 Å². The molecule has 0 atom stereocenters. The van der Waals surface area contributed by atoms with Crippen LogP contribution in [-0.4, -0.2) is 29.4 Å². The highest BCUT2D eigenvalue weighted by Gasteiger charge is 2.41. The number of carbonyl (C=O) groups is 2. The van der Waals surface area contributed by atoms with Gasteiger partial charge in [-0.25, -0.2) is 4.98 Å². The second kappa shape index (κ2) is 6.76. The fourth-order valence-corrected chi connectivity index (χ4v) is 3.84. The Kier molecular flexibility index (Phi) is 4.71. The normalized spacial score (nSPS) is 16.6. The Labute approximate surface area is 144 Å². The van der Waals surface area contributed by atoms with Crippen molar-refractivity contribution in [3.05, 3.63) is 29.0 Å². The average Bonchev–Trinajstić information content (AvgIpc) is 3.24. The molecule has 1 aliphatic rings. The van der Waals surface area contributed by atoms with Crippen molar-refractivity contribution in [2.24, 2.45) is 0 Å². The second-order valence-electron chi connectivity index (χ2n) is 6.08. The van der Waals surface area contributed by atoms with Gasteiger partial charge in [0.05, 0.1) is 4.88 Å². The zero-order chi connectivity index (χ0) is 17.2. The van der Waals surface area contributed by atoms with E-state index in [1.165, 1.54) is 11.3 Å². The van der Waals surface area contributed by atoms with Crippen LogP contribution in [0.5, 0.6) is 0 Å². The minimum atomic E-state index is -0.849. The summed E-state index contributed by atoms with van der Waals surface area (Å²) in [7, 11) is 1.60. The zero-order valence-corrected chi connectivity index (χ0v) is 14.7. The molecule has 0 spiro atoms. The molecule has 2 aromatic rings. The maximum atomic E-state index is 12.7. The van der Waals surface area contributed by atoms with E-state index in [9.17, 15) is 9.59 Å². The highest BCUT2D eigenvalue weighted by Crippen LogP contribution is 2.30. The van der Waals surface area contributed by atoms with E-state index >= 15 is 0 Å². The van der Waals surface area contributed by atoms with Crippen LogP contribution in [0.1, 0.15) is 48.4 Å². The van der Waals surface area contributed by atoms with Gasteiger partial charge in [-0.05, 0) is 31.2 Å². The van der Waals surface area contributed by atoms with Crippen LogP contribution in [0.15, 0.2) is 21.9 Å².